The summed E-state index contributed by atoms with van der Waals surface area (Å²) in [6, 6.07) is 9.27. The van der Waals surface area contributed by atoms with E-state index in [1.54, 1.807) is 6.08 Å². The van der Waals surface area contributed by atoms with E-state index >= 15 is 0 Å². The van der Waals surface area contributed by atoms with E-state index in [0.717, 1.165) is 11.9 Å². The molecule has 0 aliphatic rings. The van der Waals surface area contributed by atoms with E-state index in [9.17, 15) is 9.59 Å². The lowest BCUT2D eigenvalue weighted by Gasteiger charge is -2.01. The Hall–Kier alpha value is -2.43. The standard InChI is InChI=1S/C14H16N2O3/c1-2-3-9-13(17)15-11-16-14(18)19-10-12-7-5-4-6-8-12/h2,4-8,11H,1,3,9-10H2,(H,15,16,17,18). The number of nitrogens with one attached hydrogen (secondary N) is 1. The van der Waals surface area contributed by atoms with Gasteiger partial charge in [0, 0.05) is 6.42 Å². The zero-order chi connectivity index (χ0) is 13.9. The molecule has 100 valence electrons. The molecule has 2 amide bonds. The summed E-state index contributed by atoms with van der Waals surface area (Å²) in [4.78, 5) is 25.8. The van der Waals surface area contributed by atoms with Gasteiger partial charge < -0.3 is 10.1 Å². The van der Waals surface area contributed by atoms with Crippen molar-refractivity contribution in [3.05, 3.63) is 48.6 Å². The number of carbonyl (C=O) groups is 2. The van der Waals surface area contributed by atoms with Crippen molar-refractivity contribution in [2.45, 2.75) is 19.4 Å². The molecule has 1 N–H and O–H groups in total. The molecule has 0 aromatic heterocycles. The molecule has 0 fully saturated rings. The summed E-state index contributed by atoms with van der Waals surface area (Å²) in [7, 11) is 0. The van der Waals surface area contributed by atoms with Gasteiger partial charge in [-0.15, -0.1) is 6.58 Å². The van der Waals surface area contributed by atoms with E-state index in [0.29, 0.717) is 12.8 Å². The Labute approximate surface area is 112 Å². The van der Waals surface area contributed by atoms with Gasteiger partial charge >= 0.3 is 6.09 Å². The Morgan fingerprint density at radius 1 is 1.32 bits per heavy atom. The maximum atomic E-state index is 11.2. The molecule has 0 spiro atoms. The highest BCUT2D eigenvalue weighted by atomic mass is 16.5. The minimum absolute atomic E-state index is 0.154. The Morgan fingerprint density at radius 3 is 2.74 bits per heavy atom. The minimum atomic E-state index is -0.743. The molecule has 0 bridgehead atoms. The van der Waals surface area contributed by atoms with Gasteiger partial charge in [-0.05, 0) is 12.0 Å². The predicted molar refractivity (Wildman–Crippen MR) is 72.7 cm³/mol. The lowest BCUT2D eigenvalue weighted by Crippen LogP contribution is -2.21. The van der Waals surface area contributed by atoms with Crippen LogP contribution in [0.25, 0.3) is 0 Å². The van der Waals surface area contributed by atoms with Crippen molar-refractivity contribution >= 4 is 18.3 Å². The van der Waals surface area contributed by atoms with Crippen LogP contribution in [0.5, 0.6) is 0 Å². The van der Waals surface area contributed by atoms with Gasteiger partial charge in [-0.1, -0.05) is 36.4 Å². The molecule has 0 heterocycles. The highest BCUT2D eigenvalue weighted by Crippen LogP contribution is 2.01. The van der Waals surface area contributed by atoms with Crippen LogP contribution in [-0.4, -0.2) is 18.3 Å². The molecule has 5 nitrogen and oxygen atoms in total. The van der Waals surface area contributed by atoms with E-state index < -0.39 is 6.09 Å². The first kappa shape index (κ1) is 14.6. The molecule has 1 aromatic carbocycles. The fourth-order valence-electron chi connectivity index (χ4n) is 1.22. The summed E-state index contributed by atoms with van der Waals surface area (Å²) >= 11 is 0. The second-order valence-corrected chi connectivity index (χ2v) is 3.69. The molecule has 1 aromatic rings. The number of rotatable bonds is 6. The second-order valence-electron chi connectivity index (χ2n) is 3.69. The lowest BCUT2D eigenvalue weighted by molar-refractivity contribution is -0.119. The molecular weight excluding hydrogens is 244 g/mol. The maximum Gasteiger partial charge on any atom is 0.435 e. The van der Waals surface area contributed by atoms with E-state index in [1.165, 1.54) is 0 Å². The second kappa shape index (κ2) is 8.63. The van der Waals surface area contributed by atoms with Crippen LogP contribution in [0.15, 0.2) is 48.0 Å². The third-order valence-electron chi connectivity index (χ3n) is 2.18. The monoisotopic (exact) mass is 260 g/mol. The van der Waals surface area contributed by atoms with Crippen molar-refractivity contribution in [1.82, 2.24) is 5.32 Å². The average Bonchev–Trinajstić information content (AvgIpc) is 2.44. The topological polar surface area (TPSA) is 67.8 Å². The van der Waals surface area contributed by atoms with E-state index in [1.807, 2.05) is 30.3 Å². The van der Waals surface area contributed by atoms with Crippen LogP contribution in [0.1, 0.15) is 18.4 Å². The minimum Gasteiger partial charge on any atom is -0.443 e. The quantitative estimate of drug-likeness (QED) is 0.485. The van der Waals surface area contributed by atoms with E-state index in [2.05, 4.69) is 16.9 Å². The van der Waals surface area contributed by atoms with Crippen molar-refractivity contribution in [3.63, 3.8) is 0 Å². The summed E-state index contributed by atoms with van der Waals surface area (Å²) in [5.74, 6) is -0.223. The van der Waals surface area contributed by atoms with Crippen LogP contribution in [-0.2, 0) is 16.1 Å². The number of ether oxygens (including phenoxy) is 1. The van der Waals surface area contributed by atoms with Crippen LogP contribution < -0.4 is 5.32 Å². The largest absolute Gasteiger partial charge is 0.443 e. The third kappa shape index (κ3) is 6.78. The highest BCUT2D eigenvalue weighted by Gasteiger charge is 2.00. The van der Waals surface area contributed by atoms with Crippen molar-refractivity contribution in [2.75, 3.05) is 0 Å². The first-order valence-corrected chi connectivity index (χ1v) is 5.86. The molecule has 0 aliphatic heterocycles. The van der Waals surface area contributed by atoms with Crippen molar-refractivity contribution < 1.29 is 14.3 Å². The number of aliphatic imine (C=N–C) groups is 1. The van der Waals surface area contributed by atoms with Gasteiger partial charge in [0.2, 0.25) is 5.91 Å². The maximum absolute atomic E-state index is 11.2. The van der Waals surface area contributed by atoms with Crippen LogP contribution in [0.4, 0.5) is 4.79 Å². The number of carbonyl (C=O) groups excluding carboxylic acids is 2. The van der Waals surface area contributed by atoms with Crippen LogP contribution in [0.2, 0.25) is 0 Å². The molecule has 0 atom stereocenters. The smallest absolute Gasteiger partial charge is 0.435 e. The predicted octanol–water partition coefficient (Wildman–Crippen LogP) is 2.43. The van der Waals surface area contributed by atoms with Gasteiger partial charge in [-0.2, -0.15) is 4.99 Å². The summed E-state index contributed by atoms with van der Waals surface area (Å²) in [6.07, 6.45) is 2.84. The van der Waals surface area contributed by atoms with Crippen molar-refractivity contribution in [3.8, 4) is 0 Å². The van der Waals surface area contributed by atoms with Gasteiger partial charge in [-0.3, -0.25) is 4.79 Å². The summed E-state index contributed by atoms with van der Waals surface area (Å²) < 4.78 is 4.89. The fraction of sp³-hybridized carbons (Fsp3) is 0.214. The van der Waals surface area contributed by atoms with Gasteiger partial charge in [0.15, 0.2) is 0 Å². The third-order valence-corrected chi connectivity index (χ3v) is 2.18. The van der Waals surface area contributed by atoms with E-state index in [4.69, 9.17) is 4.74 Å². The molecule has 0 unspecified atom stereocenters. The number of allylic oxidation sites excluding steroid dienone is 1. The molecule has 1 rings (SSSR count). The highest BCUT2D eigenvalue weighted by molar-refractivity contribution is 5.90. The number of hydrogen-bond donors (Lipinski definition) is 1. The van der Waals surface area contributed by atoms with Crippen LogP contribution in [0, 0.1) is 0 Å². The van der Waals surface area contributed by atoms with Gasteiger partial charge in [0.1, 0.15) is 12.9 Å². The first-order valence-electron chi connectivity index (χ1n) is 5.86. The molecule has 5 heteroatoms. The number of nitrogens with zero attached hydrogens (tertiary/aromatic N) is 1. The SMILES string of the molecule is C=CCCC(=O)NC=NC(=O)OCc1ccccc1. The molecule has 19 heavy (non-hydrogen) atoms. The van der Waals surface area contributed by atoms with Crippen LogP contribution in [0.3, 0.4) is 0 Å². The average molecular weight is 260 g/mol. The first-order chi connectivity index (χ1) is 9.22. The zero-order valence-corrected chi connectivity index (χ0v) is 10.5. The Kier molecular flexibility index (Phi) is 6.65. The molecular formula is C14H16N2O3. The Bertz CT molecular complexity index is 455. The number of amides is 2. The summed E-state index contributed by atoms with van der Waals surface area (Å²) in [6.45, 7) is 3.66. The molecule has 0 saturated carbocycles. The molecule has 0 aliphatic carbocycles. The Balaban J connectivity index is 2.23. The van der Waals surface area contributed by atoms with Crippen molar-refractivity contribution in [1.29, 1.82) is 0 Å². The number of hydrogen-bond acceptors (Lipinski definition) is 3. The van der Waals surface area contributed by atoms with Gasteiger partial charge in [0.25, 0.3) is 0 Å². The summed E-state index contributed by atoms with van der Waals surface area (Å²) in [5.41, 5.74) is 0.876. The molecule has 0 radical (unpaired) electrons. The normalized spacial score (nSPS) is 10.1. The van der Waals surface area contributed by atoms with Crippen molar-refractivity contribution in [2.24, 2.45) is 4.99 Å². The lowest BCUT2D eigenvalue weighted by atomic mass is 10.2. The number of benzene rings is 1. The Morgan fingerprint density at radius 2 is 2.05 bits per heavy atom. The fourth-order valence-corrected chi connectivity index (χ4v) is 1.22. The zero-order valence-electron chi connectivity index (χ0n) is 10.5. The van der Waals surface area contributed by atoms with Gasteiger partial charge in [0.05, 0.1) is 0 Å². The van der Waals surface area contributed by atoms with Crippen LogP contribution >= 0.6 is 0 Å². The van der Waals surface area contributed by atoms with Gasteiger partial charge in [-0.25, -0.2) is 4.79 Å². The summed E-state index contributed by atoms with van der Waals surface area (Å²) in [5, 5.41) is 2.37. The van der Waals surface area contributed by atoms with E-state index in [-0.39, 0.29) is 12.5 Å². The molecule has 0 saturated heterocycles.